The third kappa shape index (κ3) is 4.30. The quantitative estimate of drug-likeness (QED) is 0.569. The highest BCUT2D eigenvalue weighted by molar-refractivity contribution is 5.96. The van der Waals surface area contributed by atoms with E-state index in [0.29, 0.717) is 41.5 Å². The highest BCUT2D eigenvalue weighted by Gasteiger charge is 2.54. The fourth-order valence-electron chi connectivity index (χ4n) is 6.07. The Morgan fingerprint density at radius 3 is 2.81 bits per heavy atom. The SMILES string of the molecule is CC(C)N1CCC(n2cc(C(=O)N3CCC4(CC3)CC4CNC(=O)c3cc4ccncc4o3)cn2)C1. The molecule has 1 aliphatic carbocycles. The maximum absolute atomic E-state index is 13.1. The zero-order valence-corrected chi connectivity index (χ0v) is 21.0. The third-order valence-electron chi connectivity index (χ3n) is 8.61. The Kier molecular flexibility index (Phi) is 5.82. The Balaban J connectivity index is 0.988. The molecule has 2 aliphatic heterocycles. The molecule has 2 atom stereocenters. The molecule has 0 aromatic carbocycles. The summed E-state index contributed by atoms with van der Waals surface area (Å²) in [6, 6.07) is 4.47. The number of aromatic nitrogens is 3. The lowest BCUT2D eigenvalue weighted by Crippen LogP contribution is -2.40. The number of furan rings is 1. The summed E-state index contributed by atoms with van der Waals surface area (Å²) >= 11 is 0. The summed E-state index contributed by atoms with van der Waals surface area (Å²) in [6.07, 6.45) is 11.1. The van der Waals surface area contributed by atoms with Gasteiger partial charge in [-0.2, -0.15) is 5.10 Å². The Bertz CT molecular complexity index is 1240. The largest absolute Gasteiger partial charge is 0.449 e. The number of piperidine rings is 1. The maximum atomic E-state index is 13.1. The van der Waals surface area contributed by atoms with Crippen molar-refractivity contribution in [2.24, 2.45) is 11.3 Å². The normalized spacial score (nSPS) is 23.6. The molecule has 2 unspecified atom stereocenters. The molecule has 2 saturated heterocycles. The van der Waals surface area contributed by atoms with Gasteiger partial charge in [0, 0.05) is 56.5 Å². The van der Waals surface area contributed by atoms with Gasteiger partial charge in [0.25, 0.3) is 11.8 Å². The van der Waals surface area contributed by atoms with Crippen LogP contribution in [0.5, 0.6) is 0 Å². The number of hydrogen-bond donors (Lipinski definition) is 1. The van der Waals surface area contributed by atoms with Crippen LogP contribution in [0.15, 0.2) is 41.3 Å². The van der Waals surface area contributed by atoms with E-state index >= 15 is 0 Å². The molecule has 36 heavy (non-hydrogen) atoms. The Morgan fingerprint density at radius 1 is 1.22 bits per heavy atom. The molecule has 5 heterocycles. The number of fused-ring (bicyclic) bond motifs is 1. The summed E-state index contributed by atoms with van der Waals surface area (Å²) in [5, 5.41) is 8.45. The molecule has 1 spiro atoms. The van der Waals surface area contributed by atoms with Gasteiger partial charge in [-0.25, -0.2) is 0 Å². The lowest BCUT2D eigenvalue weighted by molar-refractivity contribution is 0.0668. The van der Waals surface area contributed by atoms with Crippen LogP contribution in [0, 0.1) is 11.3 Å². The number of carbonyl (C=O) groups is 2. The topological polar surface area (TPSA) is 96.5 Å². The van der Waals surface area contributed by atoms with Crippen molar-refractivity contribution in [1.82, 2.24) is 29.9 Å². The number of hydrogen-bond acceptors (Lipinski definition) is 6. The second-order valence-electron chi connectivity index (χ2n) is 11.0. The van der Waals surface area contributed by atoms with Gasteiger partial charge in [0.1, 0.15) is 0 Å². The monoisotopic (exact) mass is 490 g/mol. The lowest BCUT2D eigenvalue weighted by Gasteiger charge is -2.33. The summed E-state index contributed by atoms with van der Waals surface area (Å²) < 4.78 is 7.61. The summed E-state index contributed by atoms with van der Waals surface area (Å²) in [7, 11) is 0. The van der Waals surface area contributed by atoms with E-state index in [0.717, 1.165) is 57.2 Å². The number of nitrogens with zero attached hydrogens (tertiary/aromatic N) is 5. The molecule has 190 valence electrons. The first-order valence-electron chi connectivity index (χ1n) is 13.1. The van der Waals surface area contributed by atoms with Gasteiger partial charge < -0.3 is 14.6 Å². The van der Waals surface area contributed by atoms with Crippen LogP contribution < -0.4 is 5.32 Å². The van der Waals surface area contributed by atoms with Crippen molar-refractivity contribution in [3.05, 3.63) is 48.2 Å². The van der Waals surface area contributed by atoms with Gasteiger partial charge in [-0.05, 0) is 63.0 Å². The van der Waals surface area contributed by atoms with Crippen LogP contribution in [0.2, 0.25) is 0 Å². The highest BCUT2D eigenvalue weighted by atomic mass is 16.3. The zero-order chi connectivity index (χ0) is 24.9. The molecular formula is C27H34N6O3. The molecule has 6 rings (SSSR count). The number of carbonyl (C=O) groups excluding carboxylic acids is 2. The molecule has 3 fully saturated rings. The van der Waals surface area contributed by atoms with E-state index in [-0.39, 0.29) is 17.2 Å². The standard InChI is InChI=1S/C27H34N6O3/c1-18(2)32-8-4-22(17-32)33-16-20(13-30-33)26(35)31-9-5-27(6-10-31)12-21(27)14-29-25(34)23-11-19-3-7-28-15-24(19)36-23/h3,7,11,13,15-16,18,21-22H,4-6,8-10,12,14,17H2,1-2H3,(H,29,34). The van der Waals surface area contributed by atoms with Gasteiger partial charge in [0.15, 0.2) is 11.3 Å². The van der Waals surface area contributed by atoms with Gasteiger partial charge in [0.05, 0.1) is 24.0 Å². The molecule has 3 aromatic rings. The number of likely N-dealkylation sites (tertiary alicyclic amines) is 2. The minimum Gasteiger partial charge on any atom is -0.449 e. The van der Waals surface area contributed by atoms with Crippen LogP contribution in [0.3, 0.4) is 0 Å². The molecule has 0 radical (unpaired) electrons. The van der Waals surface area contributed by atoms with E-state index in [9.17, 15) is 9.59 Å². The van der Waals surface area contributed by atoms with Gasteiger partial charge in [0.2, 0.25) is 0 Å². The molecular weight excluding hydrogens is 456 g/mol. The molecule has 0 bridgehead atoms. The smallest absolute Gasteiger partial charge is 0.287 e. The molecule has 2 amide bonds. The fraction of sp³-hybridized carbons (Fsp3) is 0.556. The maximum Gasteiger partial charge on any atom is 0.287 e. The molecule has 9 nitrogen and oxygen atoms in total. The predicted molar refractivity (Wildman–Crippen MR) is 135 cm³/mol. The van der Waals surface area contributed by atoms with Crippen molar-refractivity contribution in [2.75, 3.05) is 32.7 Å². The summed E-state index contributed by atoms with van der Waals surface area (Å²) in [5.41, 5.74) is 1.56. The lowest BCUT2D eigenvalue weighted by atomic mass is 9.90. The van der Waals surface area contributed by atoms with E-state index in [1.807, 2.05) is 21.8 Å². The molecule has 3 aliphatic rings. The summed E-state index contributed by atoms with van der Waals surface area (Å²) in [4.78, 5) is 34.2. The summed E-state index contributed by atoms with van der Waals surface area (Å²) in [6.45, 7) is 8.68. The second-order valence-corrected chi connectivity index (χ2v) is 11.0. The van der Waals surface area contributed by atoms with Crippen LogP contribution in [0.4, 0.5) is 0 Å². The first-order valence-corrected chi connectivity index (χ1v) is 13.1. The molecule has 9 heteroatoms. The van der Waals surface area contributed by atoms with E-state index < -0.39 is 0 Å². The van der Waals surface area contributed by atoms with E-state index in [1.54, 1.807) is 24.7 Å². The molecule has 1 saturated carbocycles. The highest BCUT2D eigenvalue weighted by Crippen LogP contribution is 2.59. The van der Waals surface area contributed by atoms with Crippen molar-refractivity contribution >= 4 is 22.8 Å². The van der Waals surface area contributed by atoms with E-state index in [1.165, 1.54) is 0 Å². The zero-order valence-electron chi connectivity index (χ0n) is 21.0. The summed E-state index contributed by atoms with van der Waals surface area (Å²) in [5.74, 6) is 0.679. The van der Waals surface area contributed by atoms with Crippen molar-refractivity contribution in [3.8, 4) is 0 Å². The predicted octanol–water partition coefficient (Wildman–Crippen LogP) is 3.35. The number of rotatable bonds is 6. The van der Waals surface area contributed by atoms with Crippen LogP contribution in [0.1, 0.15) is 66.5 Å². The van der Waals surface area contributed by atoms with Crippen molar-refractivity contribution in [2.45, 2.75) is 51.6 Å². The average Bonchev–Trinajstić information content (AvgIpc) is 3.38. The van der Waals surface area contributed by atoms with Crippen molar-refractivity contribution < 1.29 is 14.0 Å². The van der Waals surface area contributed by atoms with Crippen LogP contribution in [-0.4, -0.2) is 75.1 Å². The van der Waals surface area contributed by atoms with Gasteiger partial charge in [-0.1, -0.05) is 0 Å². The van der Waals surface area contributed by atoms with Gasteiger partial charge >= 0.3 is 0 Å². The van der Waals surface area contributed by atoms with E-state index in [2.05, 4.69) is 34.1 Å². The van der Waals surface area contributed by atoms with E-state index in [4.69, 9.17) is 4.42 Å². The van der Waals surface area contributed by atoms with Crippen LogP contribution in [0.25, 0.3) is 11.0 Å². The molecule has 3 aromatic heterocycles. The first kappa shape index (κ1) is 23.2. The van der Waals surface area contributed by atoms with Gasteiger partial charge in [-0.3, -0.25) is 24.2 Å². The van der Waals surface area contributed by atoms with Crippen molar-refractivity contribution in [3.63, 3.8) is 0 Å². The second kappa shape index (κ2) is 9.03. The average molecular weight is 491 g/mol. The van der Waals surface area contributed by atoms with Crippen molar-refractivity contribution in [1.29, 1.82) is 0 Å². The van der Waals surface area contributed by atoms with Crippen LogP contribution in [-0.2, 0) is 0 Å². The third-order valence-corrected chi connectivity index (χ3v) is 8.61. The fourth-order valence-corrected chi connectivity index (χ4v) is 6.07. The first-order chi connectivity index (χ1) is 17.4. The number of amides is 2. The minimum absolute atomic E-state index is 0.0830. The Hall–Kier alpha value is -3.20. The van der Waals surface area contributed by atoms with Gasteiger partial charge in [-0.15, -0.1) is 0 Å². The number of nitrogens with one attached hydrogen (secondary N) is 1. The Morgan fingerprint density at radius 2 is 2.06 bits per heavy atom. The minimum atomic E-state index is -0.184. The van der Waals surface area contributed by atoms with Crippen LogP contribution >= 0.6 is 0 Å². The number of pyridine rings is 1. The molecule has 1 N–H and O–H groups in total. The Labute approximate surface area is 210 Å².